The minimum Gasteiger partial charge on any atom is -0.406 e. The minimum atomic E-state index is -4.76. The molecule has 10 nitrogen and oxygen atoms in total. The number of ether oxygens (including phenoxy) is 1. The Balaban J connectivity index is 1.90. The number of hydrogen-bond acceptors (Lipinski definition) is 8. The molecule has 0 fully saturated rings. The first-order chi connectivity index (χ1) is 19.9. The van der Waals surface area contributed by atoms with E-state index in [0.29, 0.717) is 49.5 Å². The summed E-state index contributed by atoms with van der Waals surface area (Å²) in [5.74, 6) is 6.07. The number of benzene rings is 1. The van der Waals surface area contributed by atoms with Gasteiger partial charge in [0.15, 0.2) is 0 Å². The quantitative estimate of drug-likeness (QED) is 0.171. The van der Waals surface area contributed by atoms with Crippen LogP contribution >= 0.6 is 0 Å². The zero-order chi connectivity index (χ0) is 31.1. The Morgan fingerprint density at radius 1 is 1.14 bits per heavy atom. The molecule has 0 aliphatic rings. The number of nitrogens with zero attached hydrogens (tertiary/aromatic N) is 4. The molecule has 0 saturated carbocycles. The fraction of sp³-hybridized carbons (Fsp3) is 0.448. The van der Waals surface area contributed by atoms with Gasteiger partial charge in [-0.05, 0) is 58.1 Å². The van der Waals surface area contributed by atoms with Crippen LogP contribution in [0.25, 0.3) is 0 Å². The highest BCUT2D eigenvalue weighted by molar-refractivity contribution is 5.92. The molecule has 0 radical (unpaired) electrons. The topological polar surface area (TPSA) is 112 Å². The van der Waals surface area contributed by atoms with Crippen molar-refractivity contribution in [3.8, 4) is 17.6 Å². The fourth-order valence-corrected chi connectivity index (χ4v) is 3.32. The minimum absolute atomic E-state index is 0.241. The van der Waals surface area contributed by atoms with Crippen molar-refractivity contribution in [1.82, 2.24) is 25.1 Å². The Kier molecular flexibility index (Phi) is 13.6. The van der Waals surface area contributed by atoms with Gasteiger partial charge in [-0.25, -0.2) is 4.98 Å². The van der Waals surface area contributed by atoms with Crippen LogP contribution in [-0.2, 0) is 9.59 Å². The number of alkyl halides is 3. The summed E-state index contributed by atoms with van der Waals surface area (Å²) >= 11 is 0. The molecule has 1 atom stereocenters. The van der Waals surface area contributed by atoms with Gasteiger partial charge in [0.05, 0.1) is 11.8 Å². The van der Waals surface area contributed by atoms with Crippen LogP contribution in [0, 0.1) is 11.8 Å². The average molecular weight is 590 g/mol. The first kappa shape index (κ1) is 33.9. The molecular formula is C29H38F3N7O3. The summed E-state index contributed by atoms with van der Waals surface area (Å²) in [6.07, 6.45) is 1.98. The van der Waals surface area contributed by atoms with E-state index in [0.717, 1.165) is 6.42 Å². The van der Waals surface area contributed by atoms with Gasteiger partial charge in [0.25, 0.3) is 0 Å². The summed E-state index contributed by atoms with van der Waals surface area (Å²) < 4.78 is 41.0. The SMILES string of the molecule is CCCNc1nc(Nc2ccc(OC(F)(F)F)cc2)ncc1C#CCCCNC(=O)[C@H](C)N(C)C(=O)/C=C/CN(C)C. The van der Waals surface area contributed by atoms with Crippen LogP contribution in [0.2, 0.25) is 0 Å². The van der Waals surface area contributed by atoms with Crippen molar-refractivity contribution in [3.05, 3.63) is 48.2 Å². The number of nitrogens with one attached hydrogen (secondary N) is 3. The van der Waals surface area contributed by atoms with Crippen LogP contribution in [-0.4, -0.2) is 84.8 Å². The van der Waals surface area contributed by atoms with Crippen molar-refractivity contribution < 1.29 is 27.5 Å². The molecule has 2 aromatic rings. The molecule has 0 spiro atoms. The number of likely N-dealkylation sites (N-methyl/N-ethyl adjacent to an activating group) is 2. The normalized spacial score (nSPS) is 11.9. The molecule has 0 aliphatic heterocycles. The molecule has 42 heavy (non-hydrogen) atoms. The van der Waals surface area contributed by atoms with Gasteiger partial charge in [0.2, 0.25) is 17.8 Å². The molecule has 1 aromatic carbocycles. The number of halogens is 3. The maximum atomic E-state index is 12.4. The highest BCUT2D eigenvalue weighted by atomic mass is 19.4. The second-order valence-corrected chi connectivity index (χ2v) is 9.57. The zero-order valence-corrected chi connectivity index (χ0v) is 24.5. The van der Waals surface area contributed by atoms with E-state index in [9.17, 15) is 22.8 Å². The van der Waals surface area contributed by atoms with Gasteiger partial charge in [-0.15, -0.1) is 13.2 Å². The van der Waals surface area contributed by atoms with Crippen molar-refractivity contribution in [2.45, 2.75) is 45.5 Å². The highest BCUT2D eigenvalue weighted by Gasteiger charge is 2.31. The van der Waals surface area contributed by atoms with E-state index in [1.54, 1.807) is 26.2 Å². The van der Waals surface area contributed by atoms with Gasteiger partial charge in [0, 0.05) is 44.9 Å². The van der Waals surface area contributed by atoms with Crippen LogP contribution in [0.4, 0.5) is 30.6 Å². The average Bonchev–Trinajstić information content (AvgIpc) is 2.93. The third-order valence-electron chi connectivity index (χ3n) is 5.72. The summed E-state index contributed by atoms with van der Waals surface area (Å²) in [7, 11) is 5.39. The van der Waals surface area contributed by atoms with Gasteiger partial charge in [-0.1, -0.05) is 24.8 Å². The highest BCUT2D eigenvalue weighted by Crippen LogP contribution is 2.25. The largest absolute Gasteiger partial charge is 0.573 e. The summed E-state index contributed by atoms with van der Waals surface area (Å²) in [5, 5.41) is 8.99. The van der Waals surface area contributed by atoms with E-state index in [4.69, 9.17) is 0 Å². The van der Waals surface area contributed by atoms with E-state index >= 15 is 0 Å². The van der Waals surface area contributed by atoms with Crippen LogP contribution in [0.3, 0.4) is 0 Å². The molecule has 0 aliphatic carbocycles. The van der Waals surface area contributed by atoms with E-state index in [1.165, 1.54) is 35.2 Å². The van der Waals surface area contributed by atoms with E-state index in [1.807, 2.05) is 25.9 Å². The molecule has 2 amide bonds. The van der Waals surface area contributed by atoms with Crippen LogP contribution < -0.4 is 20.7 Å². The molecule has 13 heteroatoms. The van der Waals surface area contributed by atoms with Crippen LogP contribution in [0.15, 0.2) is 42.6 Å². The molecule has 1 heterocycles. The van der Waals surface area contributed by atoms with Crippen molar-refractivity contribution in [3.63, 3.8) is 0 Å². The van der Waals surface area contributed by atoms with E-state index in [2.05, 4.69) is 42.5 Å². The predicted molar refractivity (Wildman–Crippen MR) is 156 cm³/mol. The van der Waals surface area contributed by atoms with Crippen LogP contribution in [0.1, 0.15) is 38.7 Å². The van der Waals surface area contributed by atoms with Crippen molar-refractivity contribution in [2.75, 3.05) is 51.4 Å². The number of hydrogen-bond donors (Lipinski definition) is 3. The Bertz CT molecular complexity index is 1260. The zero-order valence-electron chi connectivity index (χ0n) is 24.5. The van der Waals surface area contributed by atoms with Gasteiger partial charge in [0.1, 0.15) is 17.6 Å². The Morgan fingerprint density at radius 2 is 1.86 bits per heavy atom. The monoisotopic (exact) mass is 589 g/mol. The second kappa shape index (κ2) is 16.8. The van der Waals surface area contributed by atoms with Crippen LogP contribution in [0.5, 0.6) is 5.75 Å². The molecular weight excluding hydrogens is 551 g/mol. The third kappa shape index (κ3) is 12.5. The van der Waals surface area contributed by atoms with Crippen molar-refractivity contribution >= 4 is 29.3 Å². The summed E-state index contributed by atoms with van der Waals surface area (Å²) in [4.78, 5) is 36.7. The molecule has 1 aromatic heterocycles. The Morgan fingerprint density at radius 3 is 2.50 bits per heavy atom. The van der Waals surface area contributed by atoms with E-state index in [-0.39, 0.29) is 23.5 Å². The number of amides is 2. The lowest BCUT2D eigenvalue weighted by atomic mass is 10.2. The van der Waals surface area contributed by atoms with Gasteiger partial charge in [-0.2, -0.15) is 4.98 Å². The maximum Gasteiger partial charge on any atom is 0.573 e. The Labute approximate surface area is 244 Å². The first-order valence-corrected chi connectivity index (χ1v) is 13.5. The number of rotatable bonds is 14. The number of aromatic nitrogens is 2. The predicted octanol–water partition coefficient (Wildman–Crippen LogP) is 4.15. The summed E-state index contributed by atoms with van der Waals surface area (Å²) in [5.41, 5.74) is 1.07. The number of carbonyl (C=O) groups excluding carboxylic acids is 2. The van der Waals surface area contributed by atoms with Gasteiger partial charge >= 0.3 is 6.36 Å². The lowest BCUT2D eigenvalue weighted by Gasteiger charge is -2.23. The summed E-state index contributed by atoms with van der Waals surface area (Å²) in [6, 6.07) is 4.62. The fourth-order valence-electron chi connectivity index (χ4n) is 3.32. The number of anilines is 3. The molecule has 3 N–H and O–H groups in total. The lowest BCUT2D eigenvalue weighted by molar-refractivity contribution is -0.274. The lowest BCUT2D eigenvalue weighted by Crippen LogP contribution is -2.45. The number of carbonyl (C=O) groups is 2. The molecule has 0 saturated heterocycles. The summed E-state index contributed by atoms with van der Waals surface area (Å²) in [6.45, 7) is 5.37. The molecule has 228 valence electrons. The molecule has 0 unspecified atom stereocenters. The van der Waals surface area contributed by atoms with Crippen molar-refractivity contribution in [2.24, 2.45) is 0 Å². The van der Waals surface area contributed by atoms with Crippen molar-refractivity contribution in [1.29, 1.82) is 0 Å². The second-order valence-electron chi connectivity index (χ2n) is 9.57. The molecule has 0 bridgehead atoms. The Hall–Kier alpha value is -4.31. The maximum absolute atomic E-state index is 12.4. The smallest absolute Gasteiger partial charge is 0.406 e. The molecule has 2 rings (SSSR count). The van der Waals surface area contributed by atoms with Gasteiger partial charge < -0.3 is 30.5 Å². The standard InChI is InChI=1S/C29H38F3N7O3/c1-6-17-33-26-22(20-35-28(37-26)36-23-13-15-24(16-14-23)42-29(30,31)32)11-8-7-9-18-34-27(41)21(2)39(5)25(40)12-10-19-38(3)4/h10,12-16,20-21H,6-7,9,17-19H2,1-5H3,(H,34,41)(H2,33,35,36,37)/b12-10+/t21-/m0/s1. The first-order valence-electron chi connectivity index (χ1n) is 13.5. The van der Waals surface area contributed by atoms with E-state index < -0.39 is 12.4 Å². The number of unbranched alkanes of at least 4 members (excludes halogenated alkanes) is 1. The third-order valence-corrected chi connectivity index (χ3v) is 5.72. The van der Waals surface area contributed by atoms with Gasteiger partial charge in [-0.3, -0.25) is 9.59 Å².